The van der Waals surface area contributed by atoms with Gasteiger partial charge in [0.25, 0.3) is 0 Å². The summed E-state index contributed by atoms with van der Waals surface area (Å²) in [6.07, 6.45) is 6.25. The first kappa shape index (κ1) is 4.49. The van der Waals surface area contributed by atoms with Crippen LogP contribution >= 0.6 is 0 Å². The zero-order valence-electron chi connectivity index (χ0n) is 4.65. The summed E-state index contributed by atoms with van der Waals surface area (Å²) < 4.78 is 1.67. The Morgan fingerprint density at radius 1 is 1.56 bits per heavy atom. The third-order valence-electron chi connectivity index (χ3n) is 1.11. The summed E-state index contributed by atoms with van der Waals surface area (Å²) in [7, 11) is 0. The van der Waals surface area contributed by atoms with Crippen molar-refractivity contribution < 1.29 is 0 Å². The highest BCUT2D eigenvalue weighted by Gasteiger charge is 1.87. The van der Waals surface area contributed by atoms with Gasteiger partial charge in [-0.2, -0.15) is 5.10 Å². The number of hydrogen-bond acceptors (Lipinski definition) is 2. The number of hydrogen-bond donors (Lipinski definition) is 0. The molecule has 0 saturated carbocycles. The van der Waals surface area contributed by atoms with Gasteiger partial charge in [-0.05, 0) is 6.07 Å². The Morgan fingerprint density at radius 3 is 3.44 bits per heavy atom. The lowest BCUT2D eigenvalue weighted by Gasteiger charge is -1.85. The molecule has 43 valence electrons. The molecule has 1 radical (unpaired) electrons. The van der Waals surface area contributed by atoms with E-state index in [1.807, 2.05) is 12.3 Å². The summed E-state index contributed by atoms with van der Waals surface area (Å²) >= 11 is 0. The topological polar surface area (TPSA) is 30.2 Å². The first-order valence-electron chi connectivity index (χ1n) is 2.63. The van der Waals surface area contributed by atoms with Gasteiger partial charge in [-0.15, -0.1) is 0 Å². The van der Waals surface area contributed by atoms with Crippen molar-refractivity contribution in [2.24, 2.45) is 0 Å². The third-order valence-corrected chi connectivity index (χ3v) is 1.11. The largest absolute Gasteiger partial charge is 0.237 e. The van der Waals surface area contributed by atoms with Crippen LogP contribution in [-0.4, -0.2) is 14.6 Å². The zero-order chi connectivity index (χ0) is 6.10. The van der Waals surface area contributed by atoms with Crippen LogP contribution in [-0.2, 0) is 0 Å². The van der Waals surface area contributed by atoms with E-state index in [9.17, 15) is 0 Å². The molecule has 0 saturated heterocycles. The van der Waals surface area contributed by atoms with Crippen LogP contribution in [0.5, 0.6) is 0 Å². The van der Waals surface area contributed by atoms with E-state index >= 15 is 0 Å². The molecule has 2 rings (SSSR count). The fourth-order valence-electron chi connectivity index (χ4n) is 0.712. The molecule has 0 aliphatic rings. The number of nitrogens with zero attached hydrogens (tertiary/aromatic N) is 3. The fraction of sp³-hybridized carbons (Fsp3) is 0. The SMILES string of the molecule is [c]1cc2ncccn2n1. The Morgan fingerprint density at radius 2 is 2.56 bits per heavy atom. The molecule has 0 fully saturated rings. The van der Waals surface area contributed by atoms with Gasteiger partial charge in [0.2, 0.25) is 0 Å². The average molecular weight is 118 g/mol. The van der Waals surface area contributed by atoms with E-state index in [2.05, 4.69) is 16.3 Å². The third kappa shape index (κ3) is 0.579. The number of aromatic nitrogens is 3. The Hall–Kier alpha value is -1.38. The minimum absolute atomic E-state index is 0.831. The number of rotatable bonds is 0. The maximum absolute atomic E-state index is 4.01. The molecule has 0 spiro atoms. The predicted octanol–water partition coefficient (Wildman–Crippen LogP) is 0.529. The molecule has 0 N–H and O–H groups in total. The predicted molar refractivity (Wildman–Crippen MR) is 31.8 cm³/mol. The minimum Gasteiger partial charge on any atom is -0.237 e. The second-order valence-corrected chi connectivity index (χ2v) is 1.70. The molecule has 2 heterocycles. The summed E-state index contributed by atoms with van der Waals surface area (Å²) in [5.41, 5.74) is 0.831. The highest BCUT2D eigenvalue weighted by atomic mass is 15.2. The Bertz CT molecular complexity index is 282. The molecule has 0 aliphatic heterocycles. The second-order valence-electron chi connectivity index (χ2n) is 1.70. The molecular weight excluding hydrogens is 114 g/mol. The number of fused-ring (bicyclic) bond motifs is 1. The van der Waals surface area contributed by atoms with E-state index in [4.69, 9.17) is 0 Å². The van der Waals surface area contributed by atoms with Gasteiger partial charge >= 0.3 is 0 Å². The molecule has 0 bridgehead atoms. The Kier molecular flexibility index (Phi) is 0.773. The van der Waals surface area contributed by atoms with Crippen LogP contribution in [0.2, 0.25) is 0 Å². The van der Waals surface area contributed by atoms with Crippen LogP contribution in [0, 0.1) is 6.20 Å². The molecule has 0 aromatic carbocycles. The first-order valence-corrected chi connectivity index (χ1v) is 2.63. The summed E-state index contributed by atoms with van der Waals surface area (Å²) in [5.74, 6) is 0. The van der Waals surface area contributed by atoms with Gasteiger partial charge in [0.15, 0.2) is 5.65 Å². The van der Waals surface area contributed by atoms with Gasteiger partial charge in [0.1, 0.15) is 6.20 Å². The van der Waals surface area contributed by atoms with Crippen LogP contribution in [0.1, 0.15) is 0 Å². The van der Waals surface area contributed by atoms with Gasteiger partial charge in [-0.25, -0.2) is 9.50 Å². The molecule has 2 aromatic heterocycles. The minimum atomic E-state index is 0.831. The Balaban J connectivity index is 2.95. The lowest BCUT2D eigenvalue weighted by Crippen LogP contribution is -1.85. The van der Waals surface area contributed by atoms with Crippen molar-refractivity contribution in [2.45, 2.75) is 0 Å². The van der Waals surface area contributed by atoms with Gasteiger partial charge in [0.05, 0.1) is 0 Å². The van der Waals surface area contributed by atoms with Crippen LogP contribution in [0.3, 0.4) is 0 Å². The molecule has 3 nitrogen and oxygen atoms in total. The first-order chi connectivity index (χ1) is 4.47. The van der Waals surface area contributed by atoms with E-state index in [0.717, 1.165) is 5.65 Å². The maximum Gasteiger partial charge on any atom is 0.155 e. The van der Waals surface area contributed by atoms with Crippen molar-refractivity contribution in [1.82, 2.24) is 14.6 Å². The molecule has 0 atom stereocenters. The van der Waals surface area contributed by atoms with Crippen molar-refractivity contribution in [3.63, 3.8) is 0 Å². The van der Waals surface area contributed by atoms with E-state index < -0.39 is 0 Å². The highest BCUT2D eigenvalue weighted by molar-refractivity contribution is 5.33. The lowest BCUT2D eigenvalue weighted by atomic mass is 10.6. The van der Waals surface area contributed by atoms with Crippen LogP contribution < -0.4 is 0 Å². The smallest absolute Gasteiger partial charge is 0.155 e. The normalized spacial score (nSPS) is 10.2. The fourth-order valence-corrected chi connectivity index (χ4v) is 0.712. The molecule has 0 amide bonds. The van der Waals surface area contributed by atoms with E-state index in [1.165, 1.54) is 0 Å². The van der Waals surface area contributed by atoms with Gasteiger partial charge in [-0.1, -0.05) is 0 Å². The molecular formula is C6H4N3. The molecule has 0 unspecified atom stereocenters. The van der Waals surface area contributed by atoms with E-state index in [0.29, 0.717) is 0 Å². The lowest BCUT2D eigenvalue weighted by molar-refractivity contribution is 0.935. The van der Waals surface area contributed by atoms with Gasteiger partial charge < -0.3 is 0 Å². The zero-order valence-corrected chi connectivity index (χ0v) is 4.65. The second kappa shape index (κ2) is 1.55. The average Bonchev–Trinajstić information content (AvgIpc) is 2.33. The van der Waals surface area contributed by atoms with Crippen LogP contribution in [0.4, 0.5) is 0 Å². The summed E-state index contributed by atoms with van der Waals surface area (Å²) in [6.45, 7) is 0. The van der Waals surface area contributed by atoms with Crippen molar-refractivity contribution >= 4 is 5.65 Å². The van der Waals surface area contributed by atoms with Gasteiger partial charge in [0, 0.05) is 18.5 Å². The standard InChI is InChI=1S/C6H4N3/c1-3-7-6-2-4-8-9(6)5-1/h1-3,5H. The van der Waals surface area contributed by atoms with Crippen molar-refractivity contribution in [3.8, 4) is 0 Å². The molecule has 0 aliphatic carbocycles. The summed E-state index contributed by atoms with van der Waals surface area (Å²) in [4.78, 5) is 4.01. The summed E-state index contributed by atoms with van der Waals surface area (Å²) in [6, 6.07) is 3.56. The maximum atomic E-state index is 4.01. The van der Waals surface area contributed by atoms with Crippen molar-refractivity contribution in [1.29, 1.82) is 0 Å². The summed E-state index contributed by atoms with van der Waals surface area (Å²) in [5, 5.41) is 3.85. The van der Waals surface area contributed by atoms with E-state index in [1.54, 1.807) is 16.8 Å². The van der Waals surface area contributed by atoms with Crippen molar-refractivity contribution in [2.75, 3.05) is 0 Å². The Labute approximate surface area is 52.0 Å². The monoisotopic (exact) mass is 118 g/mol. The van der Waals surface area contributed by atoms with Crippen LogP contribution in [0.25, 0.3) is 5.65 Å². The van der Waals surface area contributed by atoms with Crippen molar-refractivity contribution in [3.05, 3.63) is 30.7 Å². The highest BCUT2D eigenvalue weighted by Crippen LogP contribution is 1.92. The van der Waals surface area contributed by atoms with Crippen LogP contribution in [0.15, 0.2) is 24.5 Å². The molecule has 3 heteroatoms. The van der Waals surface area contributed by atoms with Gasteiger partial charge in [-0.3, -0.25) is 0 Å². The molecule has 9 heavy (non-hydrogen) atoms. The quantitative estimate of drug-likeness (QED) is 0.505. The molecule has 2 aromatic rings. The van der Waals surface area contributed by atoms with E-state index in [-0.39, 0.29) is 0 Å².